The van der Waals surface area contributed by atoms with Crippen molar-refractivity contribution in [3.8, 4) is 6.07 Å². The number of ketones is 1. The van der Waals surface area contributed by atoms with Crippen molar-refractivity contribution >= 4 is 5.78 Å². The molecule has 0 heterocycles. The SMILES string of the molecule is CC(C)C1CCC(C#N)(C2(O)CCC(=O)CC2)CC1. The molecule has 0 bridgehead atoms. The predicted molar refractivity (Wildman–Crippen MR) is 73.3 cm³/mol. The smallest absolute Gasteiger partial charge is 0.133 e. The Morgan fingerprint density at radius 3 is 2.16 bits per heavy atom. The van der Waals surface area contributed by atoms with E-state index in [1.807, 2.05) is 0 Å². The fourth-order valence-corrected chi connectivity index (χ4v) is 3.90. The molecule has 2 fully saturated rings. The second-order valence-electron chi connectivity index (χ2n) is 6.85. The summed E-state index contributed by atoms with van der Waals surface area (Å²) in [6.45, 7) is 4.47. The Labute approximate surface area is 116 Å². The van der Waals surface area contributed by atoms with Crippen LogP contribution in [0.5, 0.6) is 0 Å². The van der Waals surface area contributed by atoms with Crippen molar-refractivity contribution < 1.29 is 9.90 Å². The predicted octanol–water partition coefficient (Wildman–Crippen LogP) is 3.22. The van der Waals surface area contributed by atoms with Gasteiger partial charge >= 0.3 is 0 Å². The van der Waals surface area contributed by atoms with Crippen LogP contribution in [-0.2, 0) is 4.79 Å². The molecule has 2 aliphatic carbocycles. The highest BCUT2D eigenvalue weighted by Crippen LogP contribution is 2.52. The largest absolute Gasteiger partial charge is 0.388 e. The molecule has 1 N–H and O–H groups in total. The number of hydrogen-bond donors (Lipinski definition) is 1. The Morgan fingerprint density at radius 2 is 1.74 bits per heavy atom. The molecule has 3 nitrogen and oxygen atoms in total. The maximum atomic E-state index is 11.4. The van der Waals surface area contributed by atoms with Gasteiger partial charge in [-0.05, 0) is 50.4 Å². The fraction of sp³-hybridized carbons (Fsp3) is 0.875. The molecule has 0 unspecified atom stereocenters. The van der Waals surface area contributed by atoms with Gasteiger partial charge in [0.25, 0.3) is 0 Å². The summed E-state index contributed by atoms with van der Waals surface area (Å²) < 4.78 is 0. The second kappa shape index (κ2) is 5.25. The molecule has 2 aliphatic rings. The van der Waals surface area contributed by atoms with Crippen molar-refractivity contribution in [2.75, 3.05) is 0 Å². The summed E-state index contributed by atoms with van der Waals surface area (Å²) in [7, 11) is 0. The molecule has 0 saturated heterocycles. The number of nitriles is 1. The quantitative estimate of drug-likeness (QED) is 0.832. The first-order chi connectivity index (χ1) is 8.92. The number of Topliss-reactive ketones (excluding diaryl/α,β-unsaturated/α-hetero) is 1. The average Bonchev–Trinajstić information content (AvgIpc) is 2.42. The summed E-state index contributed by atoms with van der Waals surface area (Å²) in [5.74, 6) is 1.56. The summed E-state index contributed by atoms with van der Waals surface area (Å²) in [6, 6.07) is 2.44. The molecule has 2 saturated carbocycles. The number of hydrogen-bond acceptors (Lipinski definition) is 3. The zero-order valence-electron chi connectivity index (χ0n) is 12.1. The van der Waals surface area contributed by atoms with E-state index in [0.717, 1.165) is 25.7 Å². The molecule has 0 aromatic rings. The molecule has 0 aromatic carbocycles. The third-order valence-electron chi connectivity index (χ3n) is 5.57. The van der Waals surface area contributed by atoms with Crippen LogP contribution in [0.1, 0.15) is 65.2 Å². The fourth-order valence-electron chi connectivity index (χ4n) is 3.90. The van der Waals surface area contributed by atoms with E-state index in [1.54, 1.807) is 0 Å². The highest BCUT2D eigenvalue weighted by atomic mass is 16.3. The van der Waals surface area contributed by atoms with Gasteiger partial charge in [-0.25, -0.2) is 0 Å². The van der Waals surface area contributed by atoms with Crippen molar-refractivity contribution in [3.63, 3.8) is 0 Å². The van der Waals surface area contributed by atoms with E-state index < -0.39 is 11.0 Å². The van der Waals surface area contributed by atoms with Crippen LogP contribution in [0.4, 0.5) is 0 Å². The first-order valence-electron chi connectivity index (χ1n) is 7.58. The van der Waals surface area contributed by atoms with Crippen molar-refractivity contribution in [2.24, 2.45) is 17.3 Å². The van der Waals surface area contributed by atoms with Gasteiger partial charge in [0.1, 0.15) is 5.78 Å². The Hall–Kier alpha value is -0.880. The lowest BCUT2D eigenvalue weighted by Crippen LogP contribution is -2.51. The van der Waals surface area contributed by atoms with Gasteiger partial charge in [0, 0.05) is 12.8 Å². The molecule has 3 heteroatoms. The summed E-state index contributed by atoms with van der Waals surface area (Å²) in [6.07, 6.45) is 5.47. The van der Waals surface area contributed by atoms with Crippen LogP contribution in [0.2, 0.25) is 0 Å². The molecular weight excluding hydrogens is 238 g/mol. The molecule has 0 aliphatic heterocycles. The third kappa shape index (κ3) is 2.56. The molecule has 0 radical (unpaired) electrons. The minimum absolute atomic E-state index is 0.230. The van der Waals surface area contributed by atoms with Crippen molar-refractivity contribution in [2.45, 2.75) is 70.8 Å². The van der Waals surface area contributed by atoms with Crippen LogP contribution >= 0.6 is 0 Å². The monoisotopic (exact) mass is 263 g/mol. The minimum atomic E-state index is -0.933. The Bertz CT molecular complexity index is 376. The maximum absolute atomic E-state index is 11.4. The molecule has 0 aromatic heterocycles. The van der Waals surface area contributed by atoms with Crippen LogP contribution in [-0.4, -0.2) is 16.5 Å². The maximum Gasteiger partial charge on any atom is 0.133 e. The van der Waals surface area contributed by atoms with Crippen LogP contribution in [0.25, 0.3) is 0 Å². The molecule has 19 heavy (non-hydrogen) atoms. The molecule has 2 rings (SSSR count). The molecule has 0 atom stereocenters. The number of rotatable bonds is 2. The second-order valence-corrected chi connectivity index (χ2v) is 6.85. The average molecular weight is 263 g/mol. The zero-order valence-corrected chi connectivity index (χ0v) is 12.1. The normalized spacial score (nSPS) is 35.1. The third-order valence-corrected chi connectivity index (χ3v) is 5.57. The standard InChI is InChI=1S/C16H25NO2/c1-12(2)13-3-7-15(11-17,8-4-13)16(19)9-5-14(18)6-10-16/h12-13,19H,3-10H2,1-2H3. The summed E-state index contributed by atoms with van der Waals surface area (Å²) >= 11 is 0. The van der Waals surface area contributed by atoms with Crippen molar-refractivity contribution in [1.29, 1.82) is 5.26 Å². The highest BCUT2D eigenvalue weighted by molar-refractivity contribution is 5.79. The summed E-state index contributed by atoms with van der Waals surface area (Å²) in [4.78, 5) is 11.4. The van der Waals surface area contributed by atoms with E-state index in [1.165, 1.54) is 0 Å². The van der Waals surface area contributed by atoms with Gasteiger partial charge in [-0.3, -0.25) is 4.79 Å². The van der Waals surface area contributed by atoms with Gasteiger partial charge in [0.2, 0.25) is 0 Å². The molecular formula is C16H25NO2. The first kappa shape index (κ1) is 14.5. The Balaban J connectivity index is 2.12. The van der Waals surface area contributed by atoms with Crippen molar-refractivity contribution in [3.05, 3.63) is 0 Å². The first-order valence-corrected chi connectivity index (χ1v) is 7.58. The van der Waals surface area contributed by atoms with Crippen molar-refractivity contribution in [1.82, 2.24) is 0 Å². The number of carbonyl (C=O) groups excluding carboxylic acids is 1. The summed E-state index contributed by atoms with van der Waals surface area (Å²) in [5, 5.41) is 20.6. The van der Waals surface area contributed by atoms with E-state index in [4.69, 9.17) is 0 Å². The Morgan fingerprint density at radius 1 is 1.21 bits per heavy atom. The lowest BCUT2D eigenvalue weighted by molar-refractivity contribution is -0.136. The van der Waals surface area contributed by atoms with Gasteiger partial charge in [0.15, 0.2) is 0 Å². The van der Waals surface area contributed by atoms with E-state index >= 15 is 0 Å². The van der Waals surface area contributed by atoms with E-state index in [0.29, 0.717) is 37.5 Å². The number of carbonyl (C=O) groups is 1. The summed E-state index contributed by atoms with van der Waals surface area (Å²) in [5.41, 5.74) is -1.54. The van der Waals surface area contributed by atoms with E-state index in [2.05, 4.69) is 19.9 Å². The molecule has 106 valence electrons. The van der Waals surface area contributed by atoms with Crippen LogP contribution in [0.15, 0.2) is 0 Å². The molecule has 0 amide bonds. The van der Waals surface area contributed by atoms with Gasteiger partial charge < -0.3 is 5.11 Å². The van der Waals surface area contributed by atoms with Gasteiger partial charge in [-0.15, -0.1) is 0 Å². The van der Waals surface area contributed by atoms with E-state index in [9.17, 15) is 15.2 Å². The van der Waals surface area contributed by atoms with Crippen LogP contribution in [0.3, 0.4) is 0 Å². The zero-order chi connectivity index (χ0) is 14.1. The number of nitrogens with zero attached hydrogens (tertiary/aromatic N) is 1. The van der Waals surface area contributed by atoms with E-state index in [-0.39, 0.29) is 5.78 Å². The topological polar surface area (TPSA) is 61.1 Å². The van der Waals surface area contributed by atoms with Crippen LogP contribution < -0.4 is 0 Å². The lowest BCUT2D eigenvalue weighted by atomic mass is 9.57. The van der Waals surface area contributed by atoms with Gasteiger partial charge in [0.05, 0.1) is 17.1 Å². The minimum Gasteiger partial charge on any atom is -0.388 e. The van der Waals surface area contributed by atoms with Gasteiger partial charge in [-0.2, -0.15) is 5.26 Å². The molecule has 0 spiro atoms. The Kier molecular flexibility index (Phi) is 4.01. The van der Waals surface area contributed by atoms with Crippen LogP contribution in [0, 0.1) is 28.6 Å². The highest BCUT2D eigenvalue weighted by Gasteiger charge is 2.53. The van der Waals surface area contributed by atoms with Gasteiger partial charge in [-0.1, -0.05) is 13.8 Å². The number of aliphatic hydroxyl groups is 1. The lowest BCUT2D eigenvalue weighted by Gasteiger charge is -2.48.